The number of hydrogen-bond donors (Lipinski definition) is 0. The predicted molar refractivity (Wildman–Crippen MR) is 57.8 cm³/mol. The van der Waals surface area contributed by atoms with Crippen molar-refractivity contribution in [2.75, 3.05) is 0 Å². The van der Waals surface area contributed by atoms with E-state index in [2.05, 4.69) is 13.1 Å². The van der Waals surface area contributed by atoms with Gasteiger partial charge in [-0.3, -0.25) is 0 Å². The van der Waals surface area contributed by atoms with Crippen molar-refractivity contribution in [3.05, 3.63) is 0 Å². The highest BCUT2D eigenvalue weighted by atomic mass is 30.3. The minimum atomic E-state index is 0.307. The van der Waals surface area contributed by atoms with Gasteiger partial charge in [-0.05, 0) is 0 Å². The van der Waals surface area contributed by atoms with Crippen molar-refractivity contribution in [1.29, 1.82) is 0 Å². The van der Waals surface area contributed by atoms with Gasteiger partial charge in [0.25, 0.3) is 0 Å². The molecule has 0 nitrogen and oxygen atoms in total. The molecule has 1 heterocycles. The molecule has 10 heavy (non-hydrogen) atoms. The molecule has 0 bridgehead atoms. The Bertz CT molecular complexity index is 83.3. The summed E-state index contributed by atoms with van der Waals surface area (Å²) in [4.78, 5) is 0. The van der Waals surface area contributed by atoms with Crippen LogP contribution in [0.3, 0.4) is 0 Å². The normalized spacial score (nSPS) is 23.4. The lowest BCUT2D eigenvalue weighted by atomic mass is 11.9. The Morgan fingerprint density at radius 2 is 1.50 bits per heavy atom. The molecule has 0 unspecified atom stereocenters. The first-order valence-corrected chi connectivity index (χ1v) is 21.0. The monoisotopic (exact) mass is 254 g/mol. The van der Waals surface area contributed by atoms with E-state index in [9.17, 15) is 0 Å². The molecular weight excluding hydrogens is 249 g/mol. The van der Waals surface area contributed by atoms with Crippen molar-refractivity contribution < 1.29 is 0 Å². The Labute approximate surface area is 79.8 Å². The fraction of sp³-hybridized carbons (Fsp3) is 1.00. The SMILES string of the molecule is C[Si][Si]1[Si][Si][Si][Si]([Si]C)[Si]1. The van der Waals surface area contributed by atoms with Gasteiger partial charge in [0.2, 0.25) is 0 Å². The summed E-state index contributed by atoms with van der Waals surface area (Å²) in [7, 11) is 9.29. The van der Waals surface area contributed by atoms with E-state index >= 15 is 0 Å². The summed E-state index contributed by atoms with van der Waals surface area (Å²) in [6, 6.07) is 0. The van der Waals surface area contributed by atoms with Crippen LogP contribution in [0, 0.1) is 0 Å². The molecule has 1 aliphatic rings. The van der Waals surface area contributed by atoms with Gasteiger partial charge >= 0.3 is 0 Å². The van der Waals surface area contributed by atoms with Crippen LogP contribution in [0.5, 0.6) is 0 Å². The molecule has 8 heteroatoms. The van der Waals surface area contributed by atoms with Gasteiger partial charge in [-0.1, -0.05) is 13.1 Å². The Morgan fingerprint density at radius 1 is 1.00 bits per heavy atom. The van der Waals surface area contributed by atoms with Gasteiger partial charge in [0.15, 0.2) is 0 Å². The standard InChI is InChI=1S/C2H6Si8/c1-3-9-6-5-7-10(4-2)8-9/h1-2H3. The molecule has 14 radical (unpaired) electrons. The Hall–Kier alpha value is 1.74. The van der Waals surface area contributed by atoms with Gasteiger partial charge in [0, 0.05) is 67.0 Å². The Kier molecular flexibility index (Phi) is 5.30. The van der Waals surface area contributed by atoms with Crippen LogP contribution >= 0.6 is 0 Å². The fourth-order valence-corrected chi connectivity index (χ4v) is 104. The van der Waals surface area contributed by atoms with Gasteiger partial charge in [0.05, 0.1) is 0 Å². The number of rotatable bonds is 2. The largest absolute Gasteiger partial charge is 0.0761 e. The maximum atomic E-state index is 2.45. The highest BCUT2D eigenvalue weighted by Crippen LogP contribution is 1.87. The second-order valence-electron chi connectivity index (χ2n) is 1.75. The van der Waals surface area contributed by atoms with Gasteiger partial charge in [0.1, 0.15) is 0 Å². The Morgan fingerprint density at radius 3 is 1.90 bits per heavy atom. The van der Waals surface area contributed by atoms with Crippen LogP contribution in [0.4, 0.5) is 0 Å². The topological polar surface area (TPSA) is 0 Å². The first-order chi connectivity index (χ1) is 4.86. The molecule has 0 aliphatic carbocycles. The summed E-state index contributed by atoms with van der Waals surface area (Å²) < 4.78 is 0. The van der Waals surface area contributed by atoms with E-state index < -0.39 is 0 Å². The summed E-state index contributed by atoms with van der Waals surface area (Å²) in [6.07, 6.45) is 0. The maximum Gasteiger partial charge on any atom is 0.0145 e. The number of hydrogen-bond acceptors (Lipinski definition) is 0. The van der Waals surface area contributed by atoms with Gasteiger partial charge in [-0.15, -0.1) is 0 Å². The molecule has 0 N–H and O–H groups in total. The van der Waals surface area contributed by atoms with E-state index in [-0.39, 0.29) is 0 Å². The average molecular weight is 255 g/mol. The third-order valence-corrected chi connectivity index (χ3v) is 64.1. The van der Waals surface area contributed by atoms with Crippen LogP contribution in [0.15, 0.2) is 0 Å². The zero-order chi connectivity index (χ0) is 7.40. The van der Waals surface area contributed by atoms with Crippen LogP contribution in [0.1, 0.15) is 0 Å². The van der Waals surface area contributed by atoms with Crippen LogP contribution in [-0.4, -0.2) is 67.0 Å². The minimum absolute atomic E-state index is 0.307. The minimum Gasteiger partial charge on any atom is -0.0761 e. The molecule has 46 valence electrons. The lowest BCUT2D eigenvalue weighted by molar-refractivity contribution is 2.36. The molecule has 0 spiro atoms. The highest BCUT2D eigenvalue weighted by molar-refractivity contribution is 7.95. The summed E-state index contributed by atoms with van der Waals surface area (Å²) in [5, 5.41) is 0. The van der Waals surface area contributed by atoms with Gasteiger partial charge in [-0.25, -0.2) is 0 Å². The lowest BCUT2D eigenvalue weighted by Gasteiger charge is -2.22. The fourth-order valence-electron chi connectivity index (χ4n) is 0.594. The highest BCUT2D eigenvalue weighted by Gasteiger charge is 2.23. The first-order valence-electron chi connectivity index (χ1n) is 3.00. The van der Waals surface area contributed by atoms with Crippen LogP contribution in [0.2, 0.25) is 13.1 Å². The van der Waals surface area contributed by atoms with Crippen LogP contribution < -0.4 is 0 Å². The molecule has 0 aromatic heterocycles. The molecule has 0 saturated carbocycles. The quantitative estimate of drug-likeness (QED) is 0.506. The summed E-state index contributed by atoms with van der Waals surface area (Å²) in [5.74, 6) is 0. The summed E-state index contributed by atoms with van der Waals surface area (Å²) in [5.41, 5.74) is 0. The molecule has 0 aromatic carbocycles. The van der Waals surface area contributed by atoms with E-state index in [0.29, 0.717) is 14.7 Å². The van der Waals surface area contributed by atoms with E-state index in [1.165, 1.54) is 43.7 Å². The van der Waals surface area contributed by atoms with E-state index in [0.717, 1.165) is 0 Å². The van der Waals surface area contributed by atoms with Crippen molar-refractivity contribution >= 4 is 67.0 Å². The van der Waals surface area contributed by atoms with Crippen molar-refractivity contribution in [2.24, 2.45) is 0 Å². The smallest absolute Gasteiger partial charge is 0.0145 e. The van der Waals surface area contributed by atoms with Crippen molar-refractivity contribution in [3.63, 3.8) is 0 Å². The van der Waals surface area contributed by atoms with Crippen molar-refractivity contribution in [1.82, 2.24) is 0 Å². The van der Waals surface area contributed by atoms with Crippen molar-refractivity contribution in [2.45, 2.75) is 13.1 Å². The predicted octanol–water partition coefficient (Wildman–Crippen LogP) is -1.88. The third-order valence-electron chi connectivity index (χ3n) is 1.12. The van der Waals surface area contributed by atoms with Crippen LogP contribution in [-0.2, 0) is 0 Å². The molecule has 0 atom stereocenters. The molecule has 1 fully saturated rings. The molecule has 1 aliphatic heterocycles. The van der Waals surface area contributed by atoms with Crippen LogP contribution in [0.25, 0.3) is 0 Å². The maximum absolute atomic E-state index is 2.45. The van der Waals surface area contributed by atoms with Gasteiger partial charge < -0.3 is 0 Å². The van der Waals surface area contributed by atoms with E-state index in [4.69, 9.17) is 0 Å². The summed E-state index contributed by atoms with van der Waals surface area (Å²) in [6.45, 7) is 4.90. The molecule has 0 aromatic rings. The van der Waals surface area contributed by atoms with Gasteiger partial charge in [-0.2, -0.15) is 0 Å². The average Bonchev–Trinajstić information content (AvgIpc) is 2.05. The summed E-state index contributed by atoms with van der Waals surface area (Å²) >= 11 is 0. The third kappa shape index (κ3) is 3.00. The first kappa shape index (κ1) is 9.82. The zero-order valence-corrected chi connectivity index (χ0v) is 14.0. The second-order valence-corrected chi connectivity index (χ2v) is 38.2. The molecule has 1 saturated heterocycles. The zero-order valence-electron chi connectivity index (χ0n) is 6.00. The van der Waals surface area contributed by atoms with E-state index in [1.807, 2.05) is 0 Å². The second kappa shape index (κ2) is 5.39. The lowest BCUT2D eigenvalue weighted by Crippen LogP contribution is -2.59. The Balaban J connectivity index is 2.25. The van der Waals surface area contributed by atoms with E-state index in [1.54, 1.807) is 8.55 Å². The molecule has 0 amide bonds. The molecular formula is C2H6Si8. The molecule has 1 rings (SSSR count). The van der Waals surface area contributed by atoms with Crippen molar-refractivity contribution in [3.8, 4) is 0 Å².